The third-order valence-electron chi connectivity index (χ3n) is 4.99. The third-order valence-corrected chi connectivity index (χ3v) is 11.4. The van der Waals surface area contributed by atoms with Crippen LogP contribution >= 0.6 is 0 Å². The van der Waals surface area contributed by atoms with Crippen molar-refractivity contribution in [3.05, 3.63) is 11.1 Å². The van der Waals surface area contributed by atoms with E-state index >= 15 is 0 Å². The molecule has 0 aliphatic rings. The van der Waals surface area contributed by atoms with Crippen molar-refractivity contribution in [1.29, 1.82) is 0 Å². The second-order valence-electron chi connectivity index (χ2n) is 10.8. The molecule has 2 N–H and O–H groups in total. The van der Waals surface area contributed by atoms with Gasteiger partial charge in [0, 0.05) is 0 Å². The van der Waals surface area contributed by atoms with E-state index in [4.69, 9.17) is 8.23 Å². The normalized spacial score (nSPS) is 15.9. The van der Waals surface area contributed by atoms with Gasteiger partial charge in [-0.1, -0.05) is 27.7 Å². The van der Waals surface area contributed by atoms with Crippen LogP contribution in [0.15, 0.2) is 11.1 Å². The van der Waals surface area contributed by atoms with Crippen LogP contribution in [0.25, 0.3) is 0 Å². The van der Waals surface area contributed by atoms with Crippen LogP contribution in [0.3, 0.4) is 0 Å². The molecule has 0 aromatic heterocycles. The maximum absolute atomic E-state index is 14.2. The van der Waals surface area contributed by atoms with E-state index in [1.807, 2.05) is 19.6 Å². The van der Waals surface area contributed by atoms with Crippen molar-refractivity contribution in [3.63, 3.8) is 0 Å². The van der Waals surface area contributed by atoms with Gasteiger partial charge in [-0.25, -0.2) is 18.4 Å². The third kappa shape index (κ3) is 8.91. The first-order chi connectivity index (χ1) is 15.7. The number of carboxylic acids is 2. The first kappa shape index (κ1) is 34.7. The van der Waals surface area contributed by atoms with Crippen molar-refractivity contribution in [2.75, 3.05) is 0 Å². The van der Waals surface area contributed by atoms with Gasteiger partial charge in [-0.2, -0.15) is 26.3 Å². The van der Waals surface area contributed by atoms with E-state index in [1.165, 1.54) is 0 Å². The van der Waals surface area contributed by atoms with E-state index in [0.717, 1.165) is 13.8 Å². The summed E-state index contributed by atoms with van der Waals surface area (Å²) in [4.78, 5) is 23.6. The molecule has 0 bridgehead atoms. The SMILES string of the molecule is CC(C)(CC(C)(C)C(C(=O)O)=C(CC(F)(F)C(F)(F)C(F)(F)C(F)F)C(=O)O)[SiH2]O[SiH2]O[Si](C)(C)C. The van der Waals surface area contributed by atoms with Crippen molar-refractivity contribution < 1.29 is 63.2 Å². The zero-order valence-corrected chi connectivity index (χ0v) is 24.8. The van der Waals surface area contributed by atoms with Gasteiger partial charge in [0.15, 0.2) is 18.1 Å². The maximum Gasteiger partial charge on any atom is 0.378 e. The molecule has 0 amide bonds. The number of carboxylic acid groups (broad SMARTS) is 2. The highest BCUT2D eigenvalue weighted by Gasteiger charge is 2.75. The van der Waals surface area contributed by atoms with Gasteiger partial charge >= 0.3 is 36.1 Å². The van der Waals surface area contributed by atoms with Gasteiger partial charge in [-0.3, -0.25) is 0 Å². The van der Waals surface area contributed by atoms with Crippen molar-refractivity contribution in [3.8, 4) is 0 Å². The smallest absolute Gasteiger partial charge is 0.378 e. The van der Waals surface area contributed by atoms with Gasteiger partial charge < -0.3 is 18.4 Å². The predicted molar refractivity (Wildman–Crippen MR) is 123 cm³/mol. The summed E-state index contributed by atoms with van der Waals surface area (Å²) >= 11 is 0. The van der Waals surface area contributed by atoms with Gasteiger partial charge in [-0.05, 0) is 36.5 Å². The van der Waals surface area contributed by atoms with Crippen LogP contribution in [0.2, 0.25) is 24.7 Å². The predicted octanol–water partition coefficient (Wildman–Crippen LogP) is 4.58. The summed E-state index contributed by atoms with van der Waals surface area (Å²) in [7, 11) is -4.65. The fraction of sp³-hybridized carbons (Fsp3) is 0.789. The van der Waals surface area contributed by atoms with E-state index in [-0.39, 0.29) is 6.42 Å². The second kappa shape index (κ2) is 11.6. The highest BCUT2D eigenvalue weighted by Crippen LogP contribution is 2.52. The second-order valence-corrected chi connectivity index (χ2v) is 20.2. The monoisotopic (exact) mass is 592 g/mol. The molecule has 0 saturated heterocycles. The largest absolute Gasteiger partial charge is 0.478 e. The number of hydrogen-bond donors (Lipinski definition) is 2. The molecule has 17 heteroatoms. The Balaban J connectivity index is 6.31. The molecule has 0 radical (unpaired) electrons. The summed E-state index contributed by atoms with van der Waals surface area (Å²) in [6.07, 6.45) is -8.07. The Hall–Kier alpha value is -1.31. The van der Waals surface area contributed by atoms with Crippen LogP contribution in [-0.2, 0) is 17.8 Å². The minimum Gasteiger partial charge on any atom is -0.478 e. The summed E-state index contributed by atoms with van der Waals surface area (Å²) in [6.45, 7) is 11.4. The number of carbonyl (C=O) groups is 2. The van der Waals surface area contributed by atoms with E-state index in [1.54, 1.807) is 13.8 Å². The molecule has 36 heavy (non-hydrogen) atoms. The molecule has 0 aliphatic heterocycles. The molecule has 0 atom stereocenters. The van der Waals surface area contributed by atoms with Crippen LogP contribution < -0.4 is 0 Å². The average Bonchev–Trinajstić information content (AvgIpc) is 2.61. The molecule has 0 spiro atoms. The number of hydrogen-bond acceptors (Lipinski definition) is 4. The zero-order chi connectivity index (χ0) is 29.1. The average molecular weight is 593 g/mol. The molecule has 0 saturated carbocycles. The quantitative estimate of drug-likeness (QED) is 0.125. The van der Waals surface area contributed by atoms with Crippen LogP contribution in [0.5, 0.6) is 0 Å². The molecule has 0 aromatic carbocycles. The highest BCUT2D eigenvalue weighted by molar-refractivity contribution is 6.73. The van der Waals surface area contributed by atoms with Gasteiger partial charge in [0.05, 0.1) is 17.6 Å². The van der Waals surface area contributed by atoms with Crippen molar-refractivity contribution in [2.24, 2.45) is 5.41 Å². The van der Waals surface area contributed by atoms with Crippen molar-refractivity contribution in [1.82, 2.24) is 0 Å². The Morgan fingerprint density at radius 3 is 1.75 bits per heavy atom. The van der Waals surface area contributed by atoms with Crippen LogP contribution in [0.4, 0.5) is 35.1 Å². The molecule has 0 unspecified atom stereocenters. The van der Waals surface area contributed by atoms with Crippen molar-refractivity contribution in [2.45, 2.75) is 89.4 Å². The van der Waals surface area contributed by atoms with Crippen LogP contribution in [0.1, 0.15) is 40.5 Å². The lowest BCUT2D eigenvalue weighted by molar-refractivity contribution is -0.337. The maximum atomic E-state index is 14.2. The van der Waals surface area contributed by atoms with Crippen LogP contribution in [-0.4, -0.2) is 74.4 Å². The van der Waals surface area contributed by atoms with Gasteiger partial charge in [0.25, 0.3) is 10.0 Å². The summed E-state index contributed by atoms with van der Waals surface area (Å²) < 4.78 is 119. The number of rotatable bonds is 15. The first-order valence-electron chi connectivity index (χ1n) is 10.6. The van der Waals surface area contributed by atoms with E-state index < -0.39 is 92.2 Å². The van der Waals surface area contributed by atoms with E-state index in [0.29, 0.717) is 0 Å². The molecule has 0 aromatic rings. The lowest BCUT2D eigenvalue weighted by Crippen LogP contribution is -2.57. The first-order valence-corrected chi connectivity index (χ1v) is 16.4. The zero-order valence-electron chi connectivity index (χ0n) is 21.0. The van der Waals surface area contributed by atoms with Gasteiger partial charge in [0.2, 0.25) is 0 Å². The molecule has 6 nitrogen and oxygen atoms in total. The van der Waals surface area contributed by atoms with Crippen LogP contribution in [0, 0.1) is 5.41 Å². The van der Waals surface area contributed by atoms with E-state index in [9.17, 15) is 54.9 Å². The minimum absolute atomic E-state index is 0.166. The summed E-state index contributed by atoms with van der Waals surface area (Å²) in [6, 6.07) is 0. The van der Waals surface area contributed by atoms with E-state index in [2.05, 4.69) is 0 Å². The molecule has 0 aliphatic carbocycles. The Morgan fingerprint density at radius 1 is 0.917 bits per heavy atom. The number of alkyl halides is 8. The minimum atomic E-state index is -6.68. The molecule has 0 fully saturated rings. The number of halogens is 8. The standard InChI is InChI=1S/C19H32F8O6Si3/c1-15(2,9-16(3,4)34-32-35-33-36(5,6)7)11(13(30)31)10(12(28)29)8-17(22,23)19(26,27)18(24,25)14(20)21/h14H,8-9,34-35H2,1-7H3,(H,28,29)(H,30,31). The fourth-order valence-electron chi connectivity index (χ4n) is 3.68. The molecular formula is C19H32F8O6Si3. The Bertz CT molecular complexity index is 842. The Kier molecular flexibility index (Phi) is 11.2. The Labute approximate surface area is 209 Å². The fourth-order valence-corrected chi connectivity index (χ4v) is 9.45. The topological polar surface area (TPSA) is 93.1 Å². The molecular weight excluding hydrogens is 560 g/mol. The summed E-state index contributed by atoms with van der Waals surface area (Å²) in [5, 5.41) is 18.2. The van der Waals surface area contributed by atoms with Crippen molar-refractivity contribution >= 4 is 40.0 Å². The Morgan fingerprint density at radius 2 is 1.39 bits per heavy atom. The summed E-state index contributed by atoms with van der Waals surface area (Å²) in [5.74, 6) is -23.7. The molecule has 212 valence electrons. The van der Waals surface area contributed by atoms with Gasteiger partial charge in [0.1, 0.15) is 0 Å². The lowest BCUT2D eigenvalue weighted by Gasteiger charge is -2.37. The lowest BCUT2D eigenvalue weighted by atomic mass is 9.74. The molecule has 0 heterocycles. The van der Waals surface area contributed by atoms with Gasteiger partial charge in [-0.15, -0.1) is 0 Å². The summed E-state index contributed by atoms with van der Waals surface area (Å²) in [5.41, 5.74) is -4.78. The highest BCUT2D eigenvalue weighted by atomic mass is 28.4. The number of aliphatic carboxylic acids is 2. The molecule has 0 rings (SSSR count).